The summed E-state index contributed by atoms with van der Waals surface area (Å²) >= 11 is 0. The summed E-state index contributed by atoms with van der Waals surface area (Å²) in [5.74, 6) is 0.915. The monoisotopic (exact) mass is 262 g/mol. The summed E-state index contributed by atoms with van der Waals surface area (Å²) in [6.07, 6.45) is 6.68. The molecule has 1 aliphatic rings. The lowest BCUT2D eigenvalue weighted by Crippen LogP contribution is -2.41. The number of hydrogen-bond acceptors (Lipinski definition) is 3. The molecule has 1 heterocycles. The Kier molecular flexibility index (Phi) is 5.52. The van der Waals surface area contributed by atoms with Crippen molar-refractivity contribution in [3.8, 4) is 5.75 Å². The van der Waals surface area contributed by atoms with Crippen molar-refractivity contribution in [1.82, 2.24) is 4.90 Å². The van der Waals surface area contributed by atoms with Crippen molar-refractivity contribution in [2.75, 3.05) is 25.4 Å². The van der Waals surface area contributed by atoms with E-state index in [2.05, 4.69) is 11.8 Å². The molecule has 1 aliphatic heterocycles. The van der Waals surface area contributed by atoms with E-state index in [1.54, 1.807) is 0 Å². The Morgan fingerprint density at radius 3 is 2.79 bits per heavy atom. The van der Waals surface area contributed by atoms with Gasteiger partial charge in [0.2, 0.25) is 0 Å². The van der Waals surface area contributed by atoms with Gasteiger partial charge in [-0.3, -0.25) is 4.90 Å². The maximum Gasteiger partial charge on any atom is 0.119 e. The third-order valence-corrected chi connectivity index (χ3v) is 3.90. The molecular weight excluding hydrogens is 236 g/mol. The summed E-state index contributed by atoms with van der Waals surface area (Å²) in [6.45, 7) is 5.31. The average molecular weight is 262 g/mol. The topological polar surface area (TPSA) is 38.5 Å². The number of benzene rings is 1. The summed E-state index contributed by atoms with van der Waals surface area (Å²) in [6, 6.07) is 8.42. The number of nitrogens with zero attached hydrogens (tertiary/aromatic N) is 1. The van der Waals surface area contributed by atoms with Crippen molar-refractivity contribution in [2.45, 2.75) is 45.1 Å². The fraction of sp³-hybridized carbons (Fsp3) is 0.625. The molecule has 0 radical (unpaired) electrons. The molecule has 1 atom stereocenters. The smallest absolute Gasteiger partial charge is 0.119 e. The Morgan fingerprint density at radius 2 is 2.05 bits per heavy atom. The quantitative estimate of drug-likeness (QED) is 0.799. The van der Waals surface area contributed by atoms with E-state index in [9.17, 15) is 0 Å². The molecule has 0 aliphatic carbocycles. The van der Waals surface area contributed by atoms with E-state index in [1.807, 2.05) is 24.3 Å². The fourth-order valence-electron chi connectivity index (χ4n) is 2.86. The molecule has 0 amide bonds. The van der Waals surface area contributed by atoms with E-state index >= 15 is 0 Å². The summed E-state index contributed by atoms with van der Waals surface area (Å²) in [7, 11) is 0. The molecule has 0 saturated carbocycles. The lowest BCUT2D eigenvalue weighted by atomic mass is 9.98. The van der Waals surface area contributed by atoms with Crippen LogP contribution in [0.15, 0.2) is 24.3 Å². The average Bonchev–Trinajstić information content (AvgIpc) is 2.43. The molecule has 0 aromatic heterocycles. The molecule has 1 aromatic rings. The molecule has 0 bridgehead atoms. The number of nitrogens with two attached hydrogens (primary N) is 1. The van der Waals surface area contributed by atoms with Crippen LogP contribution in [0, 0.1) is 0 Å². The third-order valence-electron chi connectivity index (χ3n) is 3.90. The second-order valence-electron chi connectivity index (χ2n) is 5.39. The molecule has 1 fully saturated rings. The third kappa shape index (κ3) is 4.43. The van der Waals surface area contributed by atoms with Crippen LogP contribution in [0.5, 0.6) is 5.75 Å². The second kappa shape index (κ2) is 7.39. The number of nitrogen functional groups attached to an aromatic ring is 1. The van der Waals surface area contributed by atoms with Crippen LogP contribution >= 0.6 is 0 Å². The summed E-state index contributed by atoms with van der Waals surface area (Å²) in [5, 5.41) is 0. The first-order chi connectivity index (χ1) is 9.29. The van der Waals surface area contributed by atoms with Gasteiger partial charge in [0.15, 0.2) is 0 Å². The highest BCUT2D eigenvalue weighted by atomic mass is 16.5. The minimum Gasteiger partial charge on any atom is -0.492 e. The van der Waals surface area contributed by atoms with E-state index in [1.165, 1.54) is 38.6 Å². The van der Waals surface area contributed by atoms with Crippen LogP contribution in [0.1, 0.15) is 39.0 Å². The van der Waals surface area contributed by atoms with Crippen molar-refractivity contribution in [2.24, 2.45) is 0 Å². The molecule has 2 rings (SSSR count). The lowest BCUT2D eigenvalue weighted by molar-refractivity contribution is 0.116. The van der Waals surface area contributed by atoms with Gasteiger partial charge in [0.05, 0.1) is 0 Å². The zero-order valence-electron chi connectivity index (χ0n) is 12.0. The Hall–Kier alpha value is -1.22. The van der Waals surface area contributed by atoms with Gasteiger partial charge in [0.1, 0.15) is 12.4 Å². The van der Waals surface area contributed by atoms with Gasteiger partial charge in [-0.1, -0.05) is 19.8 Å². The van der Waals surface area contributed by atoms with Crippen molar-refractivity contribution in [3.05, 3.63) is 24.3 Å². The van der Waals surface area contributed by atoms with Crippen LogP contribution in [-0.2, 0) is 0 Å². The van der Waals surface area contributed by atoms with Crippen LogP contribution in [0.3, 0.4) is 0 Å². The zero-order chi connectivity index (χ0) is 13.5. The largest absolute Gasteiger partial charge is 0.492 e. The molecule has 0 spiro atoms. The SMILES string of the molecule is CCCC1CCCCN1CCOc1ccc(N)cc1. The maximum absolute atomic E-state index is 5.79. The van der Waals surface area contributed by atoms with Gasteiger partial charge in [-0.15, -0.1) is 0 Å². The van der Waals surface area contributed by atoms with Crippen LogP contribution in [0.2, 0.25) is 0 Å². The second-order valence-corrected chi connectivity index (χ2v) is 5.39. The standard InChI is InChI=1S/C16H26N2O/c1-2-5-15-6-3-4-11-18(15)12-13-19-16-9-7-14(17)8-10-16/h7-10,15H,2-6,11-13,17H2,1H3. The highest BCUT2D eigenvalue weighted by Crippen LogP contribution is 2.20. The highest BCUT2D eigenvalue weighted by Gasteiger charge is 2.20. The van der Waals surface area contributed by atoms with Crippen LogP contribution in [-0.4, -0.2) is 30.6 Å². The maximum atomic E-state index is 5.79. The van der Waals surface area contributed by atoms with E-state index in [4.69, 9.17) is 10.5 Å². The first kappa shape index (κ1) is 14.2. The van der Waals surface area contributed by atoms with Gasteiger partial charge in [-0.05, 0) is 50.1 Å². The van der Waals surface area contributed by atoms with Gasteiger partial charge in [0.25, 0.3) is 0 Å². The van der Waals surface area contributed by atoms with Crippen LogP contribution in [0.4, 0.5) is 5.69 Å². The van der Waals surface area contributed by atoms with E-state index < -0.39 is 0 Å². The predicted octanol–water partition coefficient (Wildman–Crippen LogP) is 3.30. The number of ether oxygens (including phenoxy) is 1. The molecule has 1 unspecified atom stereocenters. The van der Waals surface area contributed by atoms with E-state index in [-0.39, 0.29) is 0 Å². The molecular formula is C16H26N2O. The normalized spacial score (nSPS) is 20.4. The first-order valence-electron chi connectivity index (χ1n) is 7.52. The van der Waals surface area contributed by atoms with Gasteiger partial charge in [-0.25, -0.2) is 0 Å². The molecule has 106 valence electrons. The Bertz CT molecular complexity index is 362. The predicted molar refractivity (Wildman–Crippen MR) is 80.5 cm³/mol. The van der Waals surface area contributed by atoms with Crippen molar-refractivity contribution in [3.63, 3.8) is 0 Å². The van der Waals surface area contributed by atoms with Crippen molar-refractivity contribution >= 4 is 5.69 Å². The number of likely N-dealkylation sites (tertiary alicyclic amines) is 1. The van der Waals surface area contributed by atoms with Crippen LogP contribution < -0.4 is 10.5 Å². The molecule has 19 heavy (non-hydrogen) atoms. The van der Waals surface area contributed by atoms with Gasteiger partial charge >= 0.3 is 0 Å². The van der Waals surface area contributed by atoms with Crippen molar-refractivity contribution < 1.29 is 4.74 Å². The minimum absolute atomic E-state index is 0.768. The minimum atomic E-state index is 0.768. The van der Waals surface area contributed by atoms with E-state index in [0.29, 0.717) is 0 Å². The first-order valence-corrected chi connectivity index (χ1v) is 7.52. The Labute approximate surface area is 116 Å². The van der Waals surface area contributed by atoms with Gasteiger partial charge in [-0.2, -0.15) is 0 Å². The fourth-order valence-corrected chi connectivity index (χ4v) is 2.86. The number of hydrogen-bond donors (Lipinski definition) is 1. The summed E-state index contributed by atoms with van der Waals surface area (Å²) < 4.78 is 5.79. The Morgan fingerprint density at radius 1 is 1.26 bits per heavy atom. The summed E-state index contributed by atoms with van der Waals surface area (Å²) in [5.41, 5.74) is 6.44. The highest BCUT2D eigenvalue weighted by molar-refractivity contribution is 5.41. The molecule has 3 heteroatoms. The summed E-state index contributed by atoms with van der Waals surface area (Å²) in [4.78, 5) is 2.60. The number of anilines is 1. The molecule has 1 aromatic carbocycles. The molecule has 3 nitrogen and oxygen atoms in total. The number of rotatable bonds is 6. The lowest BCUT2D eigenvalue weighted by Gasteiger charge is -2.35. The Balaban J connectivity index is 1.75. The van der Waals surface area contributed by atoms with Gasteiger partial charge in [0, 0.05) is 18.3 Å². The van der Waals surface area contributed by atoms with Crippen molar-refractivity contribution in [1.29, 1.82) is 0 Å². The van der Waals surface area contributed by atoms with Gasteiger partial charge < -0.3 is 10.5 Å². The zero-order valence-corrected chi connectivity index (χ0v) is 12.0. The van der Waals surface area contributed by atoms with Crippen LogP contribution in [0.25, 0.3) is 0 Å². The van der Waals surface area contributed by atoms with E-state index in [0.717, 1.165) is 30.6 Å². The molecule has 2 N–H and O–H groups in total. The number of piperidine rings is 1. The molecule has 1 saturated heterocycles.